The molecule has 1 aromatic heterocycles. The van der Waals surface area contributed by atoms with Crippen molar-refractivity contribution in [1.82, 2.24) is 4.98 Å². The SMILES string of the molecule is CCCCCCCCCCCCCCCCCCCS(=O)(=NCc1ccccn1)c1ccccc1. The van der Waals surface area contributed by atoms with Gasteiger partial charge in [0.05, 0.1) is 22.0 Å². The van der Waals surface area contributed by atoms with Gasteiger partial charge in [-0.05, 0) is 30.7 Å². The number of rotatable bonds is 21. The van der Waals surface area contributed by atoms with Crippen LogP contribution in [0.2, 0.25) is 0 Å². The van der Waals surface area contributed by atoms with Gasteiger partial charge in [-0.15, -0.1) is 0 Å². The molecule has 2 rings (SSSR count). The third-order valence-electron chi connectivity index (χ3n) is 6.80. The first-order valence-electron chi connectivity index (χ1n) is 14.4. The molecule has 0 radical (unpaired) electrons. The number of hydrogen-bond donors (Lipinski definition) is 0. The maximum atomic E-state index is 13.7. The highest BCUT2D eigenvalue weighted by Crippen LogP contribution is 2.19. The fourth-order valence-electron chi connectivity index (χ4n) is 4.57. The van der Waals surface area contributed by atoms with Gasteiger partial charge in [-0.3, -0.25) is 4.98 Å². The summed E-state index contributed by atoms with van der Waals surface area (Å²) in [4.78, 5) is 5.19. The Bertz CT molecular complexity index is 860. The van der Waals surface area contributed by atoms with E-state index in [1.165, 1.54) is 96.3 Å². The summed E-state index contributed by atoms with van der Waals surface area (Å²) in [5, 5.41) is 0. The number of hydrogen-bond acceptors (Lipinski definition) is 3. The highest BCUT2D eigenvalue weighted by molar-refractivity contribution is 7.93. The standard InChI is InChI=1S/C31H50N2OS/c1-2-3-4-5-6-7-8-9-10-11-12-13-14-15-16-17-23-28-35(34,31-25-19-18-20-26-31)33-29-30-24-21-22-27-32-30/h18-22,24-27H,2-17,23,28-29H2,1H3. The summed E-state index contributed by atoms with van der Waals surface area (Å²) in [6, 6.07) is 15.6. The van der Waals surface area contributed by atoms with Crippen LogP contribution < -0.4 is 0 Å². The molecule has 0 fully saturated rings. The summed E-state index contributed by atoms with van der Waals surface area (Å²) in [7, 11) is -2.40. The maximum Gasteiger partial charge on any atom is 0.0909 e. The van der Waals surface area contributed by atoms with Crippen molar-refractivity contribution in [2.24, 2.45) is 4.36 Å². The number of aromatic nitrogens is 1. The number of pyridine rings is 1. The highest BCUT2D eigenvalue weighted by Gasteiger charge is 2.12. The van der Waals surface area contributed by atoms with Crippen molar-refractivity contribution in [2.45, 2.75) is 128 Å². The van der Waals surface area contributed by atoms with Gasteiger partial charge in [0.2, 0.25) is 0 Å². The lowest BCUT2D eigenvalue weighted by Crippen LogP contribution is -2.08. The maximum absolute atomic E-state index is 13.7. The van der Waals surface area contributed by atoms with Crippen LogP contribution >= 0.6 is 0 Å². The largest absolute Gasteiger partial charge is 0.259 e. The molecule has 0 bridgehead atoms. The van der Waals surface area contributed by atoms with Gasteiger partial charge in [-0.1, -0.05) is 134 Å². The lowest BCUT2D eigenvalue weighted by Gasteiger charge is -2.11. The van der Waals surface area contributed by atoms with Crippen molar-refractivity contribution in [1.29, 1.82) is 0 Å². The summed E-state index contributed by atoms with van der Waals surface area (Å²) in [6.45, 7) is 2.70. The van der Waals surface area contributed by atoms with E-state index in [9.17, 15) is 4.21 Å². The molecule has 1 aromatic carbocycles. The van der Waals surface area contributed by atoms with Crippen LogP contribution in [-0.2, 0) is 16.3 Å². The minimum absolute atomic E-state index is 0.410. The van der Waals surface area contributed by atoms with Crippen molar-refractivity contribution in [3.63, 3.8) is 0 Å². The Morgan fingerprint density at radius 1 is 0.629 bits per heavy atom. The molecule has 35 heavy (non-hydrogen) atoms. The van der Waals surface area contributed by atoms with Crippen molar-refractivity contribution in [2.75, 3.05) is 5.75 Å². The molecular formula is C31H50N2OS. The van der Waals surface area contributed by atoms with Crippen LogP contribution in [0.4, 0.5) is 0 Å². The first kappa shape index (κ1) is 29.5. The molecule has 3 nitrogen and oxygen atoms in total. The van der Waals surface area contributed by atoms with Gasteiger partial charge in [-0.2, -0.15) is 0 Å². The van der Waals surface area contributed by atoms with Crippen molar-refractivity contribution in [3.8, 4) is 0 Å². The van der Waals surface area contributed by atoms with E-state index in [0.717, 1.165) is 23.4 Å². The lowest BCUT2D eigenvalue weighted by molar-refractivity contribution is 0.529. The quantitative estimate of drug-likeness (QED) is 0.161. The molecule has 1 heterocycles. The number of nitrogens with zero attached hydrogens (tertiary/aromatic N) is 2. The molecule has 0 aliphatic heterocycles. The van der Waals surface area contributed by atoms with Crippen LogP contribution in [-0.4, -0.2) is 14.9 Å². The Balaban J connectivity index is 1.54. The van der Waals surface area contributed by atoms with Crippen LogP contribution in [0.15, 0.2) is 64.0 Å². The van der Waals surface area contributed by atoms with E-state index in [1.807, 2.05) is 48.5 Å². The molecule has 0 aliphatic rings. The summed E-state index contributed by atoms with van der Waals surface area (Å²) < 4.78 is 18.4. The fourth-order valence-corrected chi connectivity index (χ4v) is 6.61. The van der Waals surface area contributed by atoms with Crippen molar-refractivity contribution >= 4 is 9.73 Å². The zero-order valence-electron chi connectivity index (χ0n) is 22.3. The Labute approximate surface area is 216 Å². The van der Waals surface area contributed by atoms with E-state index in [1.54, 1.807) is 6.20 Å². The predicted octanol–water partition coefficient (Wildman–Crippen LogP) is 9.76. The van der Waals surface area contributed by atoms with E-state index in [0.29, 0.717) is 12.3 Å². The third kappa shape index (κ3) is 13.8. The van der Waals surface area contributed by atoms with Gasteiger partial charge in [-0.25, -0.2) is 8.57 Å². The van der Waals surface area contributed by atoms with E-state index in [2.05, 4.69) is 16.3 Å². The van der Waals surface area contributed by atoms with Crippen molar-refractivity contribution < 1.29 is 4.21 Å². The molecular weight excluding hydrogens is 448 g/mol. The monoisotopic (exact) mass is 498 g/mol. The van der Waals surface area contributed by atoms with Gasteiger partial charge >= 0.3 is 0 Å². The van der Waals surface area contributed by atoms with Gasteiger partial charge in [0.15, 0.2) is 0 Å². The average molecular weight is 499 g/mol. The molecule has 0 aliphatic carbocycles. The van der Waals surface area contributed by atoms with Crippen LogP contribution in [0.1, 0.15) is 122 Å². The van der Waals surface area contributed by atoms with Gasteiger partial charge < -0.3 is 0 Å². The minimum atomic E-state index is -2.40. The minimum Gasteiger partial charge on any atom is -0.259 e. The average Bonchev–Trinajstić information content (AvgIpc) is 2.90. The second-order valence-electron chi connectivity index (χ2n) is 9.92. The first-order chi connectivity index (χ1) is 17.2. The van der Waals surface area contributed by atoms with Crippen LogP contribution in [0.5, 0.6) is 0 Å². The molecule has 0 spiro atoms. The van der Waals surface area contributed by atoms with Crippen LogP contribution in [0.3, 0.4) is 0 Å². The number of unbranched alkanes of at least 4 members (excludes halogenated alkanes) is 16. The third-order valence-corrected chi connectivity index (χ3v) is 9.19. The predicted molar refractivity (Wildman–Crippen MR) is 152 cm³/mol. The molecule has 1 atom stereocenters. The van der Waals surface area contributed by atoms with E-state index >= 15 is 0 Å². The first-order valence-corrected chi connectivity index (χ1v) is 16.1. The Morgan fingerprint density at radius 3 is 1.60 bits per heavy atom. The smallest absolute Gasteiger partial charge is 0.0909 e. The highest BCUT2D eigenvalue weighted by atomic mass is 32.2. The Morgan fingerprint density at radius 2 is 1.11 bits per heavy atom. The molecule has 196 valence electrons. The van der Waals surface area contributed by atoms with E-state index in [-0.39, 0.29) is 0 Å². The summed E-state index contributed by atoms with van der Waals surface area (Å²) >= 11 is 0. The molecule has 1 unspecified atom stereocenters. The van der Waals surface area contributed by atoms with Crippen LogP contribution in [0.25, 0.3) is 0 Å². The molecule has 0 N–H and O–H groups in total. The fraction of sp³-hybridized carbons (Fsp3) is 0.645. The molecule has 4 heteroatoms. The topological polar surface area (TPSA) is 42.3 Å². The van der Waals surface area contributed by atoms with Gasteiger partial charge in [0, 0.05) is 16.8 Å². The second kappa shape index (κ2) is 19.5. The van der Waals surface area contributed by atoms with E-state index in [4.69, 9.17) is 0 Å². The second-order valence-corrected chi connectivity index (χ2v) is 12.3. The van der Waals surface area contributed by atoms with Gasteiger partial charge in [0.1, 0.15) is 0 Å². The van der Waals surface area contributed by atoms with E-state index < -0.39 is 9.73 Å². The van der Waals surface area contributed by atoms with Gasteiger partial charge in [0.25, 0.3) is 0 Å². The zero-order chi connectivity index (χ0) is 24.9. The van der Waals surface area contributed by atoms with Crippen LogP contribution in [0, 0.1) is 0 Å². The molecule has 0 amide bonds. The number of benzene rings is 1. The van der Waals surface area contributed by atoms with Crippen molar-refractivity contribution in [3.05, 3.63) is 60.4 Å². The Kier molecular flexibility index (Phi) is 16.5. The summed E-state index contributed by atoms with van der Waals surface area (Å²) in [5.74, 6) is 0.641. The summed E-state index contributed by atoms with van der Waals surface area (Å²) in [6.07, 6.45) is 24.7. The Hall–Kier alpha value is -1.68. The molecule has 2 aromatic rings. The molecule has 0 saturated carbocycles. The zero-order valence-corrected chi connectivity index (χ0v) is 23.2. The molecule has 0 saturated heterocycles. The normalized spacial score (nSPS) is 12.9. The summed E-state index contributed by atoms with van der Waals surface area (Å²) in [5.41, 5.74) is 0.874. The lowest BCUT2D eigenvalue weighted by atomic mass is 10.0.